The molecule has 0 radical (unpaired) electrons. The molecule has 0 unspecified atom stereocenters. The molecule has 2 aromatic rings. The lowest BCUT2D eigenvalue weighted by Gasteiger charge is -1.91. The molecule has 2 heterocycles. The Balaban J connectivity index is 2.63. The molecule has 60 valence electrons. The lowest BCUT2D eigenvalue weighted by Crippen LogP contribution is -2.07. The van der Waals surface area contributed by atoms with E-state index in [9.17, 15) is 4.79 Å². The highest BCUT2D eigenvalue weighted by Crippen LogP contribution is 2.12. The van der Waals surface area contributed by atoms with Crippen molar-refractivity contribution in [3.8, 4) is 11.1 Å². The van der Waals surface area contributed by atoms with Gasteiger partial charge in [0.15, 0.2) is 0 Å². The van der Waals surface area contributed by atoms with Gasteiger partial charge in [0.2, 0.25) is 0 Å². The topological polar surface area (TPSA) is 58.9 Å². The van der Waals surface area contributed by atoms with E-state index in [1.54, 1.807) is 6.07 Å². The predicted octanol–water partition coefficient (Wildman–Crippen LogP) is 1.03. The SMILES string of the molecule is O=c1[nH]cncc1-c1ccoc1. The number of rotatable bonds is 1. The highest BCUT2D eigenvalue weighted by atomic mass is 16.3. The number of furan rings is 1. The number of H-pyrrole nitrogens is 1. The molecule has 0 aliphatic carbocycles. The summed E-state index contributed by atoms with van der Waals surface area (Å²) in [6.07, 6.45) is 5.88. The summed E-state index contributed by atoms with van der Waals surface area (Å²) in [5.41, 5.74) is 1.10. The normalized spacial score (nSPS) is 10.0. The molecule has 2 aromatic heterocycles. The average Bonchev–Trinajstić information content (AvgIpc) is 2.57. The molecule has 2 rings (SSSR count). The molecule has 0 fully saturated rings. The van der Waals surface area contributed by atoms with Gasteiger partial charge >= 0.3 is 0 Å². The largest absolute Gasteiger partial charge is 0.472 e. The fraction of sp³-hybridized carbons (Fsp3) is 0. The van der Waals surface area contributed by atoms with Gasteiger partial charge in [0, 0.05) is 11.8 Å². The second-order valence-electron chi connectivity index (χ2n) is 2.31. The maximum absolute atomic E-state index is 11.2. The number of hydrogen-bond acceptors (Lipinski definition) is 3. The van der Waals surface area contributed by atoms with E-state index in [4.69, 9.17) is 4.42 Å². The molecule has 0 saturated carbocycles. The Kier molecular flexibility index (Phi) is 1.51. The van der Waals surface area contributed by atoms with E-state index in [1.165, 1.54) is 25.1 Å². The van der Waals surface area contributed by atoms with E-state index in [-0.39, 0.29) is 5.56 Å². The van der Waals surface area contributed by atoms with Gasteiger partial charge in [0.25, 0.3) is 5.56 Å². The van der Waals surface area contributed by atoms with Crippen LogP contribution in [0.25, 0.3) is 11.1 Å². The zero-order valence-electron chi connectivity index (χ0n) is 6.15. The van der Waals surface area contributed by atoms with Crippen LogP contribution in [0.3, 0.4) is 0 Å². The summed E-state index contributed by atoms with van der Waals surface area (Å²) >= 11 is 0. The standard InChI is InChI=1S/C8H6N2O2/c11-8-7(3-9-5-10-8)6-1-2-12-4-6/h1-5H,(H,9,10,11). The summed E-state index contributed by atoms with van der Waals surface area (Å²) in [6.45, 7) is 0. The number of nitrogens with one attached hydrogen (secondary N) is 1. The summed E-state index contributed by atoms with van der Waals surface area (Å²) in [5.74, 6) is 0. The molecule has 12 heavy (non-hydrogen) atoms. The lowest BCUT2D eigenvalue weighted by molar-refractivity contribution is 0.568. The Labute approximate surface area is 67.9 Å². The molecule has 0 aliphatic heterocycles. The molecule has 0 aliphatic rings. The Bertz CT molecular complexity index is 417. The number of aromatic nitrogens is 2. The Morgan fingerprint density at radius 2 is 2.42 bits per heavy atom. The molecule has 0 bridgehead atoms. The van der Waals surface area contributed by atoms with Crippen LogP contribution in [-0.4, -0.2) is 9.97 Å². The maximum atomic E-state index is 11.2. The van der Waals surface area contributed by atoms with Crippen LogP contribution in [0, 0.1) is 0 Å². The Morgan fingerprint density at radius 3 is 3.08 bits per heavy atom. The van der Waals surface area contributed by atoms with Gasteiger partial charge in [-0.1, -0.05) is 0 Å². The monoisotopic (exact) mass is 162 g/mol. The third-order valence-electron chi connectivity index (χ3n) is 1.55. The van der Waals surface area contributed by atoms with Crippen LogP contribution in [0.4, 0.5) is 0 Å². The van der Waals surface area contributed by atoms with Crippen LogP contribution >= 0.6 is 0 Å². The van der Waals surface area contributed by atoms with E-state index in [2.05, 4.69) is 9.97 Å². The molecular formula is C8H6N2O2. The summed E-state index contributed by atoms with van der Waals surface area (Å²) < 4.78 is 4.84. The van der Waals surface area contributed by atoms with Crippen LogP contribution in [0.15, 0.2) is 40.3 Å². The molecule has 0 saturated heterocycles. The minimum absolute atomic E-state index is 0.161. The van der Waals surface area contributed by atoms with Crippen LogP contribution < -0.4 is 5.56 Å². The number of aromatic amines is 1. The second-order valence-corrected chi connectivity index (χ2v) is 2.31. The molecule has 0 atom stereocenters. The minimum atomic E-state index is -0.161. The van der Waals surface area contributed by atoms with Gasteiger partial charge in [-0.3, -0.25) is 4.79 Å². The minimum Gasteiger partial charge on any atom is -0.472 e. The second kappa shape index (κ2) is 2.65. The molecular weight excluding hydrogens is 156 g/mol. The van der Waals surface area contributed by atoms with Crippen LogP contribution in [0.2, 0.25) is 0 Å². The maximum Gasteiger partial charge on any atom is 0.258 e. The Hall–Kier alpha value is -1.84. The van der Waals surface area contributed by atoms with Gasteiger partial charge in [-0.05, 0) is 6.07 Å². The highest BCUT2D eigenvalue weighted by Gasteiger charge is 2.02. The van der Waals surface area contributed by atoms with Crippen LogP contribution in [-0.2, 0) is 0 Å². The molecule has 0 amide bonds. The molecule has 1 N–H and O–H groups in total. The molecule has 0 spiro atoms. The molecule has 4 heteroatoms. The van der Waals surface area contributed by atoms with Crippen molar-refractivity contribution in [3.63, 3.8) is 0 Å². The fourth-order valence-corrected chi connectivity index (χ4v) is 0.967. The van der Waals surface area contributed by atoms with Crippen molar-refractivity contribution in [1.82, 2.24) is 9.97 Å². The predicted molar refractivity (Wildman–Crippen MR) is 42.6 cm³/mol. The van der Waals surface area contributed by atoms with Gasteiger partial charge < -0.3 is 9.40 Å². The van der Waals surface area contributed by atoms with Crippen molar-refractivity contribution in [2.24, 2.45) is 0 Å². The lowest BCUT2D eigenvalue weighted by atomic mass is 10.2. The van der Waals surface area contributed by atoms with Gasteiger partial charge in [0.1, 0.15) is 0 Å². The summed E-state index contributed by atoms with van der Waals surface area (Å²) in [4.78, 5) is 17.5. The molecule has 0 aromatic carbocycles. The van der Waals surface area contributed by atoms with E-state index in [1.807, 2.05) is 0 Å². The first-order valence-electron chi connectivity index (χ1n) is 3.43. The fourth-order valence-electron chi connectivity index (χ4n) is 0.967. The first-order chi connectivity index (χ1) is 5.88. The van der Waals surface area contributed by atoms with E-state index >= 15 is 0 Å². The summed E-state index contributed by atoms with van der Waals surface area (Å²) in [7, 11) is 0. The van der Waals surface area contributed by atoms with Gasteiger partial charge in [0.05, 0.1) is 24.4 Å². The van der Waals surface area contributed by atoms with Crippen LogP contribution in [0.1, 0.15) is 0 Å². The summed E-state index contributed by atoms with van der Waals surface area (Å²) in [5, 5.41) is 0. The zero-order valence-corrected chi connectivity index (χ0v) is 6.15. The Morgan fingerprint density at radius 1 is 1.50 bits per heavy atom. The van der Waals surface area contributed by atoms with Gasteiger partial charge in [-0.25, -0.2) is 4.98 Å². The van der Waals surface area contributed by atoms with Gasteiger partial charge in [-0.15, -0.1) is 0 Å². The third kappa shape index (κ3) is 1.03. The molecule has 4 nitrogen and oxygen atoms in total. The van der Waals surface area contributed by atoms with Crippen molar-refractivity contribution in [2.75, 3.05) is 0 Å². The third-order valence-corrected chi connectivity index (χ3v) is 1.55. The average molecular weight is 162 g/mol. The zero-order chi connectivity index (χ0) is 8.39. The van der Waals surface area contributed by atoms with Gasteiger partial charge in [-0.2, -0.15) is 0 Å². The van der Waals surface area contributed by atoms with Crippen molar-refractivity contribution in [3.05, 3.63) is 41.5 Å². The van der Waals surface area contributed by atoms with E-state index < -0.39 is 0 Å². The van der Waals surface area contributed by atoms with Crippen molar-refractivity contribution < 1.29 is 4.42 Å². The summed E-state index contributed by atoms with van der Waals surface area (Å²) in [6, 6.07) is 1.71. The first-order valence-corrected chi connectivity index (χ1v) is 3.43. The van der Waals surface area contributed by atoms with E-state index in [0.29, 0.717) is 5.56 Å². The van der Waals surface area contributed by atoms with Crippen molar-refractivity contribution in [1.29, 1.82) is 0 Å². The van der Waals surface area contributed by atoms with E-state index in [0.717, 1.165) is 5.56 Å². The smallest absolute Gasteiger partial charge is 0.258 e. The van der Waals surface area contributed by atoms with Crippen LogP contribution in [0.5, 0.6) is 0 Å². The highest BCUT2D eigenvalue weighted by molar-refractivity contribution is 5.59. The first kappa shape index (κ1) is 6.84. The number of hydrogen-bond donors (Lipinski definition) is 1. The van der Waals surface area contributed by atoms with Crippen molar-refractivity contribution >= 4 is 0 Å². The van der Waals surface area contributed by atoms with Crippen molar-refractivity contribution in [2.45, 2.75) is 0 Å². The number of nitrogens with zero attached hydrogens (tertiary/aromatic N) is 1. The quantitative estimate of drug-likeness (QED) is 0.681.